The van der Waals surface area contributed by atoms with Crippen molar-refractivity contribution >= 4 is 66.0 Å². The predicted molar refractivity (Wildman–Crippen MR) is 220 cm³/mol. The van der Waals surface area contributed by atoms with E-state index in [4.69, 9.17) is 5.11 Å². The normalized spacial score (nSPS) is 20.8. The summed E-state index contributed by atoms with van der Waals surface area (Å²) in [5, 5.41) is 9.12. The standard InChI is InChI=1S/C39H52N2O11S4/c1-4-40-33-20-18-29(53)27-31(33)38(2,22-10-13-25-54(44,45)46)35(40)15-7-5-8-16-36-39(3,23-11-14-26-55(47,48)49)32-28-30(56(50,51)52)19-21-34(32)41(36)24-12-6-9-17-37(42)43/h5,7-8,15-16,18-21,27-28H,4,6,9-14,17,22-26H2,1-3H3,(H4-,42,43,44,45,46,47,48,49,50,51,52,53)/p+1. The SMILES string of the molecule is CCN1C(=CC=CC=CC2=[N+](CCCCCC(=O)O)c3ccc(S(=O)(=O)O)cc3C2(C)CCCCS(=O)(=O)O)C(C)(CCCCS(=O)(=O)O)c2cc(S)ccc21. The molecule has 0 aliphatic carbocycles. The van der Waals surface area contributed by atoms with Crippen molar-refractivity contribution in [2.24, 2.45) is 0 Å². The van der Waals surface area contributed by atoms with E-state index in [2.05, 4.69) is 36.0 Å². The molecular formula is C39H53N2O11S4+. The van der Waals surface area contributed by atoms with Gasteiger partial charge in [-0.2, -0.15) is 29.8 Å². The third kappa shape index (κ3) is 11.4. The number of carbonyl (C=O) groups is 1. The molecule has 4 rings (SSSR count). The topological polar surface area (TPSA) is 207 Å². The number of hydrogen-bond donors (Lipinski definition) is 5. The van der Waals surface area contributed by atoms with Gasteiger partial charge in [-0.25, -0.2) is 0 Å². The highest BCUT2D eigenvalue weighted by atomic mass is 32.2. The van der Waals surface area contributed by atoms with Crippen molar-refractivity contribution in [2.75, 3.05) is 29.5 Å². The number of hydrogen-bond acceptors (Lipinski definition) is 9. The molecule has 0 radical (unpaired) electrons. The van der Waals surface area contributed by atoms with Gasteiger partial charge in [0.2, 0.25) is 5.69 Å². The monoisotopic (exact) mass is 853 g/mol. The van der Waals surface area contributed by atoms with Gasteiger partial charge in [-0.15, -0.1) is 12.6 Å². The number of likely N-dealkylation sites (N-methyl/N-ethyl adjacent to an activating group) is 1. The van der Waals surface area contributed by atoms with E-state index in [1.54, 1.807) is 6.07 Å². The molecule has 0 saturated heterocycles. The van der Waals surface area contributed by atoms with Crippen LogP contribution in [0.25, 0.3) is 0 Å². The lowest BCUT2D eigenvalue weighted by molar-refractivity contribution is -0.438. The van der Waals surface area contributed by atoms with Crippen LogP contribution in [0.4, 0.5) is 11.4 Å². The molecule has 2 atom stereocenters. The van der Waals surface area contributed by atoms with E-state index >= 15 is 0 Å². The van der Waals surface area contributed by atoms with Gasteiger partial charge in [0.05, 0.1) is 21.8 Å². The van der Waals surface area contributed by atoms with Gasteiger partial charge in [-0.1, -0.05) is 31.1 Å². The number of anilines is 1. The summed E-state index contributed by atoms with van der Waals surface area (Å²) < 4.78 is 101. The van der Waals surface area contributed by atoms with E-state index in [1.807, 2.05) is 55.5 Å². The molecule has 0 bridgehead atoms. The summed E-state index contributed by atoms with van der Waals surface area (Å²) in [5.41, 5.74) is 3.94. The van der Waals surface area contributed by atoms with E-state index in [0.29, 0.717) is 75.7 Å². The first kappa shape index (κ1) is 45.4. The summed E-state index contributed by atoms with van der Waals surface area (Å²) in [6.45, 7) is 7.26. The van der Waals surface area contributed by atoms with E-state index in [-0.39, 0.29) is 23.5 Å². The average Bonchev–Trinajstić information content (AvgIpc) is 3.47. The summed E-state index contributed by atoms with van der Waals surface area (Å²) in [6, 6.07) is 10.4. The average molecular weight is 854 g/mol. The number of fused-ring (bicyclic) bond motifs is 2. The van der Waals surface area contributed by atoms with Gasteiger partial charge in [-0.05, 0) is 101 Å². The maximum atomic E-state index is 12.2. The molecule has 0 saturated carbocycles. The summed E-state index contributed by atoms with van der Waals surface area (Å²) >= 11 is 4.59. The number of benzene rings is 2. The van der Waals surface area contributed by atoms with Crippen molar-refractivity contribution in [3.63, 3.8) is 0 Å². The van der Waals surface area contributed by atoms with Gasteiger partial charge in [-0.3, -0.25) is 18.5 Å². The third-order valence-electron chi connectivity index (χ3n) is 10.7. The van der Waals surface area contributed by atoms with Gasteiger partial charge in [0.1, 0.15) is 6.54 Å². The Balaban J connectivity index is 1.74. The molecule has 0 spiro atoms. The molecule has 17 heteroatoms. The summed E-state index contributed by atoms with van der Waals surface area (Å²) in [4.78, 5) is 13.9. The van der Waals surface area contributed by atoms with Gasteiger partial charge in [0, 0.05) is 58.8 Å². The molecule has 308 valence electrons. The van der Waals surface area contributed by atoms with Crippen molar-refractivity contribution in [1.82, 2.24) is 0 Å². The minimum atomic E-state index is -4.55. The number of thiol groups is 1. The summed E-state index contributed by atoms with van der Waals surface area (Å²) in [6.07, 6.45) is 13.8. The molecule has 0 amide bonds. The maximum Gasteiger partial charge on any atom is 0.303 e. The summed E-state index contributed by atoms with van der Waals surface area (Å²) in [5.74, 6) is -1.62. The number of nitrogens with zero attached hydrogens (tertiary/aromatic N) is 2. The maximum absolute atomic E-state index is 12.2. The Morgan fingerprint density at radius 3 is 2.02 bits per heavy atom. The van der Waals surface area contributed by atoms with E-state index in [1.165, 1.54) is 12.1 Å². The smallest absolute Gasteiger partial charge is 0.303 e. The van der Waals surface area contributed by atoms with Crippen LogP contribution in [0.2, 0.25) is 0 Å². The zero-order chi connectivity index (χ0) is 41.5. The van der Waals surface area contributed by atoms with Crippen LogP contribution in [0.3, 0.4) is 0 Å². The Labute approximate surface area is 336 Å². The molecule has 0 fully saturated rings. The molecule has 13 nitrogen and oxygen atoms in total. The molecule has 2 aliphatic rings. The lowest BCUT2D eigenvalue weighted by Gasteiger charge is -2.30. The second-order valence-electron chi connectivity index (χ2n) is 14.8. The minimum absolute atomic E-state index is 0.0382. The first-order valence-corrected chi connectivity index (χ1v) is 23.8. The fourth-order valence-electron chi connectivity index (χ4n) is 7.95. The van der Waals surface area contributed by atoms with E-state index in [0.717, 1.165) is 27.6 Å². The van der Waals surface area contributed by atoms with E-state index < -0.39 is 52.9 Å². The van der Waals surface area contributed by atoms with Crippen LogP contribution in [-0.2, 0) is 46.0 Å². The Kier molecular flexibility index (Phi) is 15.0. The molecule has 2 heterocycles. The highest BCUT2D eigenvalue weighted by Crippen LogP contribution is 2.51. The number of aliphatic carboxylic acids is 1. The number of rotatable bonds is 21. The molecule has 2 aromatic rings. The second-order valence-corrected chi connectivity index (χ2v) is 19.9. The first-order chi connectivity index (χ1) is 26.1. The number of carboxylic acids is 1. The number of allylic oxidation sites excluding steroid dienone is 6. The number of carboxylic acid groups (broad SMARTS) is 1. The van der Waals surface area contributed by atoms with Gasteiger partial charge < -0.3 is 10.0 Å². The second kappa shape index (κ2) is 18.5. The van der Waals surface area contributed by atoms with Crippen molar-refractivity contribution in [2.45, 2.75) is 106 Å². The Morgan fingerprint density at radius 1 is 0.786 bits per heavy atom. The van der Waals surface area contributed by atoms with Crippen molar-refractivity contribution < 1.29 is 53.4 Å². The lowest BCUT2D eigenvalue weighted by Crippen LogP contribution is -2.31. The predicted octanol–water partition coefficient (Wildman–Crippen LogP) is 7.13. The summed E-state index contributed by atoms with van der Waals surface area (Å²) in [7, 11) is -12.8. The zero-order valence-corrected chi connectivity index (χ0v) is 35.3. The molecule has 56 heavy (non-hydrogen) atoms. The van der Waals surface area contributed by atoms with Crippen molar-refractivity contribution in [3.05, 3.63) is 83.6 Å². The Hall–Kier alpha value is -3.32. The molecule has 4 N–H and O–H groups in total. The third-order valence-corrected chi connectivity index (χ3v) is 13.4. The van der Waals surface area contributed by atoms with Crippen molar-refractivity contribution in [3.8, 4) is 0 Å². The van der Waals surface area contributed by atoms with E-state index in [9.17, 15) is 43.7 Å². The lowest BCUT2D eigenvalue weighted by atomic mass is 9.75. The fraction of sp³-hybridized carbons (Fsp3) is 0.487. The quantitative estimate of drug-likeness (QED) is 0.0280. The van der Waals surface area contributed by atoms with Crippen LogP contribution < -0.4 is 4.90 Å². The largest absolute Gasteiger partial charge is 0.481 e. The van der Waals surface area contributed by atoms with Crippen LogP contribution in [0.15, 0.2) is 82.3 Å². The van der Waals surface area contributed by atoms with Crippen LogP contribution in [0, 0.1) is 0 Å². The highest BCUT2D eigenvalue weighted by molar-refractivity contribution is 7.86. The van der Waals surface area contributed by atoms with Crippen LogP contribution in [-0.4, -0.2) is 84.9 Å². The first-order valence-electron chi connectivity index (χ1n) is 18.7. The fourth-order valence-corrected chi connectivity index (χ4v) is 9.80. The zero-order valence-electron chi connectivity index (χ0n) is 32.0. The van der Waals surface area contributed by atoms with Gasteiger partial charge in [0.25, 0.3) is 30.4 Å². The van der Waals surface area contributed by atoms with Gasteiger partial charge in [0.15, 0.2) is 5.71 Å². The Morgan fingerprint density at radius 2 is 1.43 bits per heavy atom. The molecule has 2 aromatic carbocycles. The number of unbranched alkanes of at least 4 members (excludes halogenated alkanes) is 4. The molecule has 2 unspecified atom stereocenters. The van der Waals surface area contributed by atoms with Crippen LogP contribution in [0.5, 0.6) is 0 Å². The Bertz CT molecular complexity index is 2250. The molecular weight excluding hydrogens is 801 g/mol. The minimum Gasteiger partial charge on any atom is -0.481 e. The van der Waals surface area contributed by atoms with Crippen LogP contribution >= 0.6 is 12.6 Å². The van der Waals surface area contributed by atoms with Gasteiger partial charge >= 0.3 is 5.97 Å². The van der Waals surface area contributed by atoms with Crippen molar-refractivity contribution in [1.29, 1.82) is 0 Å². The molecule has 0 aromatic heterocycles. The highest BCUT2D eigenvalue weighted by Gasteiger charge is 2.48. The van der Waals surface area contributed by atoms with Crippen LogP contribution in [0.1, 0.15) is 96.1 Å². The molecule has 2 aliphatic heterocycles.